The molecule has 0 aliphatic carbocycles. The molecule has 180 valence electrons. The van der Waals surface area contributed by atoms with Crippen LogP contribution in [0.5, 0.6) is 0 Å². The Morgan fingerprint density at radius 2 is 0.543 bits per heavy atom. The predicted octanol–water partition coefficient (Wildman–Crippen LogP) is 9.60. The van der Waals surface area contributed by atoms with Gasteiger partial charge in [0.2, 0.25) is 0 Å². The van der Waals surface area contributed by atoms with Crippen LogP contribution in [0.4, 0.5) is 0 Å². The van der Waals surface area contributed by atoms with Crippen LogP contribution in [0.3, 0.4) is 0 Å². The summed E-state index contributed by atoms with van der Waals surface area (Å²) in [6.45, 7) is 0. The first-order chi connectivity index (χ1) is 16.6. The summed E-state index contributed by atoms with van der Waals surface area (Å²) in [5, 5.41) is 0.817. The fourth-order valence-corrected chi connectivity index (χ4v) is 20.4. The van der Waals surface area contributed by atoms with Gasteiger partial charge in [-0.3, -0.25) is 0 Å². The number of hydrogen-bond donors (Lipinski definition) is 0. The quantitative estimate of drug-likeness (QED) is 0.112. The second kappa shape index (κ2) is 11.2. The van der Waals surface area contributed by atoms with Gasteiger partial charge in [0.15, 0.2) is 0 Å². The van der Waals surface area contributed by atoms with E-state index in [1.54, 1.807) is 0 Å². The third kappa shape index (κ3) is 4.60. The Labute approximate surface area is 255 Å². The Kier molecular flexibility index (Phi) is 9.07. The van der Waals surface area contributed by atoms with Crippen LogP contribution in [0.1, 0.15) is 0 Å². The summed E-state index contributed by atoms with van der Waals surface area (Å²) in [7, 11) is 0. The van der Waals surface area contributed by atoms with Gasteiger partial charge >= 0.3 is 258 Å². The molecular formula is C24H10Cl10Ge. The third-order valence-electron chi connectivity index (χ3n) is 5.58. The summed E-state index contributed by atoms with van der Waals surface area (Å²) in [6.07, 6.45) is 0. The van der Waals surface area contributed by atoms with Crippen molar-refractivity contribution in [2.45, 2.75) is 0 Å². The van der Waals surface area contributed by atoms with Crippen molar-refractivity contribution < 1.29 is 0 Å². The second-order valence-electron chi connectivity index (χ2n) is 7.37. The van der Waals surface area contributed by atoms with Crippen LogP contribution in [0.2, 0.25) is 50.2 Å². The van der Waals surface area contributed by atoms with Crippen molar-refractivity contribution in [3.63, 3.8) is 0 Å². The molecule has 0 radical (unpaired) electrons. The summed E-state index contributed by atoms with van der Waals surface area (Å²) < 4.78 is 2.66. The summed E-state index contributed by atoms with van der Waals surface area (Å²) >= 11 is 62.4. The number of benzene rings is 4. The van der Waals surface area contributed by atoms with Crippen molar-refractivity contribution in [2.75, 3.05) is 0 Å². The van der Waals surface area contributed by atoms with E-state index >= 15 is 0 Å². The zero-order valence-electron chi connectivity index (χ0n) is 17.1. The van der Waals surface area contributed by atoms with E-state index in [9.17, 15) is 0 Å². The summed E-state index contributed by atoms with van der Waals surface area (Å²) in [6, 6.07) is 19.1. The van der Waals surface area contributed by atoms with Gasteiger partial charge in [0.25, 0.3) is 0 Å². The average Bonchev–Trinajstić information content (AvgIpc) is 2.88. The minimum atomic E-state index is -4.41. The number of hydrogen-bond acceptors (Lipinski definition) is 0. The minimum absolute atomic E-state index is 0.0360. The van der Waals surface area contributed by atoms with Gasteiger partial charge in [-0.1, -0.05) is 0 Å². The van der Waals surface area contributed by atoms with Crippen LogP contribution in [0.25, 0.3) is 0 Å². The normalized spacial score (nSPS) is 11.7. The maximum absolute atomic E-state index is 6.93. The standard InChI is InChI=1S/C24H10Cl10Ge/c25-13-15(27)19(31)23(20(32)16(13)28)35(11-7-3-1-4-8-11,12-9-5-2-6-10-12)24-21(33)17(29)14(26)18(30)22(24)34/h1-10H. The summed E-state index contributed by atoms with van der Waals surface area (Å²) in [4.78, 5) is 0. The van der Waals surface area contributed by atoms with E-state index in [1.807, 2.05) is 60.7 Å². The van der Waals surface area contributed by atoms with Gasteiger partial charge in [-0.15, -0.1) is 0 Å². The molecule has 4 rings (SSSR count). The Hall–Kier alpha value is 0.323. The van der Waals surface area contributed by atoms with Crippen LogP contribution in [-0.4, -0.2) is 13.3 Å². The van der Waals surface area contributed by atoms with Gasteiger partial charge in [0.1, 0.15) is 0 Å². The Bertz CT molecular complexity index is 1270. The Morgan fingerprint density at radius 1 is 0.314 bits per heavy atom. The van der Waals surface area contributed by atoms with Crippen molar-refractivity contribution in [3.8, 4) is 0 Å². The van der Waals surface area contributed by atoms with Crippen molar-refractivity contribution >= 4 is 147 Å². The molecule has 0 nitrogen and oxygen atoms in total. The van der Waals surface area contributed by atoms with Crippen LogP contribution in [0, 0.1) is 0 Å². The molecule has 0 bridgehead atoms. The van der Waals surface area contributed by atoms with Crippen LogP contribution < -0.4 is 17.6 Å². The van der Waals surface area contributed by atoms with Gasteiger partial charge in [-0.2, -0.15) is 0 Å². The van der Waals surface area contributed by atoms with Crippen LogP contribution >= 0.6 is 116 Å². The number of rotatable bonds is 4. The monoisotopic (exact) mass is 722 g/mol. The first-order valence-corrected chi connectivity index (χ1v) is 17.7. The topological polar surface area (TPSA) is 0 Å². The molecule has 0 unspecified atom stereocenters. The Balaban J connectivity index is 2.41. The van der Waals surface area contributed by atoms with Crippen molar-refractivity contribution in [1.82, 2.24) is 0 Å². The van der Waals surface area contributed by atoms with Gasteiger partial charge in [-0.05, 0) is 0 Å². The zero-order valence-corrected chi connectivity index (χ0v) is 26.7. The van der Waals surface area contributed by atoms with E-state index in [2.05, 4.69) is 0 Å². The molecule has 0 fully saturated rings. The average molecular weight is 725 g/mol. The maximum atomic E-state index is 6.93. The SMILES string of the molecule is Clc1c(Cl)c(Cl)[c]([Ge]([c]2ccccc2)([c]2ccccc2)[c]2c(Cl)c(Cl)c(Cl)c(Cl)c2Cl)c(Cl)c1Cl. The van der Waals surface area contributed by atoms with E-state index in [0.29, 0.717) is 8.79 Å². The fraction of sp³-hybridized carbons (Fsp3) is 0. The molecule has 0 atom stereocenters. The van der Waals surface area contributed by atoms with Gasteiger partial charge < -0.3 is 0 Å². The molecule has 4 aromatic carbocycles. The fourth-order valence-electron chi connectivity index (χ4n) is 4.11. The van der Waals surface area contributed by atoms with Crippen molar-refractivity contribution in [3.05, 3.63) is 111 Å². The zero-order chi connectivity index (χ0) is 25.7. The molecule has 35 heavy (non-hydrogen) atoms. The van der Waals surface area contributed by atoms with E-state index in [1.165, 1.54) is 0 Å². The molecule has 0 heterocycles. The molecular weight excluding hydrogens is 715 g/mol. The van der Waals surface area contributed by atoms with E-state index in [4.69, 9.17) is 116 Å². The molecule has 0 aromatic heterocycles. The van der Waals surface area contributed by atoms with Crippen molar-refractivity contribution in [2.24, 2.45) is 0 Å². The van der Waals surface area contributed by atoms with Crippen LogP contribution in [-0.2, 0) is 0 Å². The molecule has 0 saturated heterocycles. The van der Waals surface area contributed by atoms with Gasteiger partial charge in [0, 0.05) is 0 Å². The molecule has 11 heteroatoms. The first-order valence-electron chi connectivity index (χ1n) is 9.71. The predicted molar refractivity (Wildman–Crippen MR) is 160 cm³/mol. The molecule has 0 aliphatic rings. The van der Waals surface area contributed by atoms with Crippen molar-refractivity contribution in [1.29, 1.82) is 0 Å². The number of halogens is 10. The summed E-state index contributed by atoms with van der Waals surface area (Å²) in [5.41, 5.74) is 0. The second-order valence-corrected chi connectivity index (χ2v) is 18.8. The molecule has 0 N–H and O–H groups in total. The molecule has 4 aromatic rings. The van der Waals surface area contributed by atoms with E-state index in [-0.39, 0.29) is 50.2 Å². The van der Waals surface area contributed by atoms with E-state index < -0.39 is 13.3 Å². The molecule has 0 amide bonds. The van der Waals surface area contributed by atoms with Crippen LogP contribution in [0.15, 0.2) is 60.7 Å². The van der Waals surface area contributed by atoms with Gasteiger partial charge in [0.05, 0.1) is 0 Å². The Morgan fingerprint density at radius 3 is 0.800 bits per heavy atom. The molecule has 0 saturated carbocycles. The first kappa shape index (κ1) is 28.3. The molecule has 0 aliphatic heterocycles. The van der Waals surface area contributed by atoms with Gasteiger partial charge in [-0.25, -0.2) is 0 Å². The third-order valence-corrected chi connectivity index (χ3v) is 21.7. The molecule has 0 spiro atoms. The summed E-state index contributed by atoms with van der Waals surface area (Å²) in [5.74, 6) is 0. The van der Waals surface area contributed by atoms with E-state index in [0.717, 1.165) is 8.79 Å².